The molecule has 12 heteroatoms. The van der Waals surface area contributed by atoms with E-state index in [1.54, 1.807) is 24.3 Å². The molecule has 0 N–H and O–H groups in total. The number of rotatable bonds is 12. The van der Waals surface area contributed by atoms with Gasteiger partial charge in [0.2, 0.25) is 0 Å². The fourth-order valence-electron chi connectivity index (χ4n) is 8.08. The molecule has 0 bridgehead atoms. The first-order chi connectivity index (χ1) is 33.6. The van der Waals surface area contributed by atoms with Gasteiger partial charge in [0, 0.05) is 45.3 Å². The van der Waals surface area contributed by atoms with E-state index < -0.39 is 11.7 Å². The summed E-state index contributed by atoms with van der Waals surface area (Å²) in [7, 11) is 0. The normalized spacial score (nSPS) is 11.3. The van der Waals surface area contributed by atoms with Gasteiger partial charge in [-0.15, -0.1) is 10.2 Å². The van der Waals surface area contributed by atoms with Gasteiger partial charge >= 0.3 is 6.18 Å². The van der Waals surface area contributed by atoms with E-state index in [4.69, 9.17) is 44.3 Å². The molecule has 8 aromatic carbocycles. The largest absolute Gasteiger partial charge is 0.489 e. The van der Waals surface area contributed by atoms with Gasteiger partial charge in [-0.3, -0.25) is 0 Å². The summed E-state index contributed by atoms with van der Waals surface area (Å²) in [5.74, 6) is 1.22. The molecule has 6 nitrogen and oxygen atoms in total. The summed E-state index contributed by atoms with van der Waals surface area (Å²) in [6, 6.07) is 60.5. The van der Waals surface area contributed by atoms with Crippen molar-refractivity contribution in [2.45, 2.75) is 32.2 Å². The average molecular weight is 976 g/mol. The summed E-state index contributed by atoms with van der Waals surface area (Å²) < 4.78 is 52.3. The van der Waals surface area contributed by atoms with Crippen LogP contribution in [0.15, 0.2) is 194 Å². The first-order valence-corrected chi connectivity index (χ1v) is 23.0. The fourth-order valence-corrected chi connectivity index (χ4v) is 8.70. The molecule has 0 radical (unpaired) electrons. The molecule has 0 aliphatic rings. The van der Waals surface area contributed by atoms with Crippen molar-refractivity contribution in [3.8, 4) is 33.8 Å². The lowest BCUT2D eigenvalue weighted by atomic mass is 9.96. The molecule has 0 atom stereocenters. The predicted molar refractivity (Wildman–Crippen MR) is 270 cm³/mol. The lowest BCUT2D eigenvalue weighted by molar-refractivity contribution is -0.138. The number of ether oxygens (including phenoxy) is 2. The Morgan fingerprint density at radius 1 is 0.420 bits per heavy atom. The number of fused-ring (bicyclic) bond motifs is 2. The van der Waals surface area contributed by atoms with Crippen molar-refractivity contribution in [3.63, 3.8) is 0 Å². The Morgan fingerprint density at radius 2 is 0.870 bits per heavy atom. The van der Waals surface area contributed by atoms with Crippen LogP contribution in [0, 0.1) is 0 Å². The minimum atomic E-state index is -4.52. The highest BCUT2D eigenvalue weighted by molar-refractivity contribution is 6.36. The van der Waals surface area contributed by atoms with Gasteiger partial charge in [0.25, 0.3) is 0 Å². The second-order valence-electron chi connectivity index (χ2n) is 16.1. The smallest absolute Gasteiger partial charge is 0.416 e. The van der Waals surface area contributed by atoms with Crippen LogP contribution in [-0.4, -0.2) is 20.4 Å². The number of aromatic nitrogens is 4. The van der Waals surface area contributed by atoms with Crippen molar-refractivity contribution in [1.29, 1.82) is 0 Å². The van der Waals surface area contributed by atoms with Crippen LogP contribution >= 0.6 is 34.8 Å². The molecule has 0 aliphatic carbocycles. The van der Waals surface area contributed by atoms with Gasteiger partial charge in [-0.05, 0) is 82.4 Å². The Balaban J connectivity index is 0.000000174. The van der Waals surface area contributed by atoms with Crippen molar-refractivity contribution < 1.29 is 22.6 Å². The van der Waals surface area contributed by atoms with Crippen LogP contribution < -0.4 is 9.47 Å². The summed E-state index contributed by atoms with van der Waals surface area (Å²) in [5.41, 5.74) is 9.16. The van der Waals surface area contributed by atoms with Gasteiger partial charge in [0.15, 0.2) is 0 Å². The third kappa shape index (κ3) is 11.4. The average Bonchev–Trinajstić information content (AvgIpc) is 3.36. The molecule has 0 saturated carbocycles. The van der Waals surface area contributed by atoms with Crippen molar-refractivity contribution in [2.24, 2.45) is 0 Å². The van der Waals surface area contributed by atoms with Gasteiger partial charge in [-0.25, -0.2) is 0 Å². The van der Waals surface area contributed by atoms with Gasteiger partial charge in [0.05, 0.1) is 27.0 Å². The molecule has 2 aromatic heterocycles. The molecule has 10 rings (SSSR count). The Labute approximate surface area is 411 Å². The topological polar surface area (TPSA) is 70.0 Å². The predicted octanol–water partition coefficient (Wildman–Crippen LogP) is 15.9. The van der Waals surface area contributed by atoms with Crippen LogP contribution in [0.3, 0.4) is 0 Å². The molecule has 69 heavy (non-hydrogen) atoms. The zero-order valence-electron chi connectivity index (χ0n) is 36.7. The molecule has 0 unspecified atom stereocenters. The quantitative estimate of drug-likeness (QED) is 0.121. The summed E-state index contributed by atoms with van der Waals surface area (Å²) in [6.07, 6.45) is -3.30. The molecule has 0 amide bonds. The number of halogens is 6. The zero-order valence-corrected chi connectivity index (χ0v) is 38.9. The van der Waals surface area contributed by atoms with Crippen molar-refractivity contribution >= 4 is 56.6 Å². The first kappa shape index (κ1) is 46.8. The van der Waals surface area contributed by atoms with Crippen LogP contribution in [0.25, 0.3) is 44.1 Å². The third-order valence-electron chi connectivity index (χ3n) is 11.3. The third-order valence-corrected chi connectivity index (χ3v) is 12.2. The van der Waals surface area contributed by atoms with Gasteiger partial charge < -0.3 is 9.47 Å². The lowest BCUT2D eigenvalue weighted by Gasteiger charge is -2.16. The Hall–Kier alpha value is -7.30. The van der Waals surface area contributed by atoms with E-state index in [2.05, 4.69) is 62.9 Å². The number of benzene rings is 8. The molecule has 342 valence electrons. The van der Waals surface area contributed by atoms with E-state index >= 15 is 0 Å². The van der Waals surface area contributed by atoms with Crippen LogP contribution in [0.1, 0.15) is 39.2 Å². The van der Waals surface area contributed by atoms with E-state index in [9.17, 15) is 13.2 Å². The summed E-state index contributed by atoms with van der Waals surface area (Å²) >= 11 is 18.8. The Bertz CT molecular complexity index is 3380. The lowest BCUT2D eigenvalue weighted by Crippen LogP contribution is -2.11. The molecule has 0 aliphatic heterocycles. The van der Waals surface area contributed by atoms with Crippen molar-refractivity contribution in [2.75, 3.05) is 0 Å². The van der Waals surface area contributed by atoms with E-state index in [1.165, 1.54) is 17.7 Å². The molecular formula is C57H40Cl3F3N4O2. The van der Waals surface area contributed by atoms with E-state index in [1.807, 2.05) is 109 Å². The Kier molecular flexibility index (Phi) is 14.5. The van der Waals surface area contributed by atoms with Crippen molar-refractivity contribution in [3.05, 3.63) is 248 Å². The second kappa shape index (κ2) is 21.3. The minimum absolute atomic E-state index is 0.0435. The SMILES string of the molecule is Clc1cccc2c(-c3cccc(OCc4ccccc4)c3)c(Cc3ccccc3)nnc12.FC(F)(F)c1ccc(Cl)cc1COc1cccc(-c2c(Cc3ccccc3)nnc3c(Cl)cccc23)c1. The second-order valence-corrected chi connectivity index (χ2v) is 17.3. The molecule has 0 fully saturated rings. The fraction of sp³-hybridized carbons (Fsp3) is 0.0877. The highest BCUT2D eigenvalue weighted by Gasteiger charge is 2.33. The first-order valence-electron chi connectivity index (χ1n) is 21.9. The van der Waals surface area contributed by atoms with E-state index in [0.29, 0.717) is 46.3 Å². The molecule has 2 heterocycles. The molecule has 0 saturated heterocycles. The standard InChI is InChI=1S/C29H19Cl2F3N2O.C28H21ClN2O/c30-21-12-13-24(29(32,33)34)20(15-21)17-37-22-9-4-8-19(16-22)27-23-10-5-11-25(31)28(23)36-35-26(27)14-18-6-2-1-3-7-18;29-25-16-8-15-24-27(26(30-31-28(24)25)17-20-9-3-1-4-10-20)22-13-7-14-23(18-22)32-19-21-11-5-2-6-12-21/h1-13,15-16H,14,17H2;1-16,18H,17,19H2. The van der Waals surface area contributed by atoms with Crippen LogP contribution in [-0.2, 0) is 32.2 Å². The maximum absolute atomic E-state index is 13.5. The van der Waals surface area contributed by atoms with Crippen LogP contribution in [0.2, 0.25) is 15.1 Å². The molecule has 0 spiro atoms. The summed E-state index contributed by atoms with van der Waals surface area (Å²) in [6.45, 7) is 0.221. The highest BCUT2D eigenvalue weighted by atomic mass is 35.5. The van der Waals surface area contributed by atoms with Gasteiger partial charge in [0.1, 0.15) is 35.7 Å². The molecular weight excluding hydrogens is 936 g/mol. The zero-order chi connectivity index (χ0) is 47.7. The minimum Gasteiger partial charge on any atom is -0.489 e. The number of hydrogen-bond donors (Lipinski definition) is 0. The maximum Gasteiger partial charge on any atom is 0.416 e. The summed E-state index contributed by atoms with van der Waals surface area (Å²) in [4.78, 5) is 0. The number of alkyl halides is 3. The van der Waals surface area contributed by atoms with Crippen molar-refractivity contribution in [1.82, 2.24) is 20.4 Å². The summed E-state index contributed by atoms with van der Waals surface area (Å²) in [5, 5.41) is 21.0. The van der Waals surface area contributed by atoms with Gasteiger partial charge in [-0.1, -0.05) is 174 Å². The molecule has 10 aromatic rings. The monoisotopic (exact) mass is 974 g/mol. The van der Waals surface area contributed by atoms with Gasteiger partial charge in [-0.2, -0.15) is 23.4 Å². The number of hydrogen-bond acceptors (Lipinski definition) is 6. The maximum atomic E-state index is 13.5. The van der Waals surface area contributed by atoms with E-state index in [0.717, 1.165) is 67.4 Å². The van der Waals surface area contributed by atoms with E-state index in [-0.39, 0.29) is 17.2 Å². The van der Waals surface area contributed by atoms with Crippen LogP contribution in [0.4, 0.5) is 13.2 Å². The number of nitrogens with zero attached hydrogens (tertiary/aromatic N) is 4. The Morgan fingerprint density at radius 3 is 1.35 bits per heavy atom. The van der Waals surface area contributed by atoms with Crippen LogP contribution in [0.5, 0.6) is 11.5 Å². The highest BCUT2D eigenvalue weighted by Crippen LogP contribution is 2.38.